The summed E-state index contributed by atoms with van der Waals surface area (Å²) in [7, 11) is 0. The van der Waals surface area contributed by atoms with E-state index in [4.69, 9.17) is 14.2 Å². The number of allylic oxidation sites excluding steroid dienone is 18. The fourth-order valence-corrected chi connectivity index (χ4v) is 8.76. The van der Waals surface area contributed by atoms with Crippen LogP contribution in [0.1, 0.15) is 297 Å². The van der Waals surface area contributed by atoms with Crippen LogP contribution in [0, 0.1) is 0 Å². The summed E-state index contributed by atoms with van der Waals surface area (Å²) in [6.07, 6.45) is 86.8. The van der Waals surface area contributed by atoms with E-state index < -0.39 is 6.10 Å². The van der Waals surface area contributed by atoms with Crippen LogP contribution in [0.4, 0.5) is 0 Å². The highest BCUT2D eigenvalue weighted by atomic mass is 16.6. The second-order valence-electron chi connectivity index (χ2n) is 20.9. The molecule has 76 heavy (non-hydrogen) atoms. The Bertz CT molecular complexity index is 1540. The average Bonchev–Trinajstić information content (AvgIpc) is 3.42. The maximum absolute atomic E-state index is 12.9. The Labute approximate surface area is 470 Å². The molecule has 0 radical (unpaired) electrons. The van der Waals surface area contributed by atoms with Crippen LogP contribution in [-0.2, 0) is 28.6 Å². The Hall–Kier alpha value is -3.93. The van der Waals surface area contributed by atoms with Crippen LogP contribution >= 0.6 is 0 Å². The first-order chi connectivity index (χ1) is 37.5. The number of esters is 3. The summed E-state index contributed by atoms with van der Waals surface area (Å²) in [6.45, 7) is 6.47. The van der Waals surface area contributed by atoms with Crippen LogP contribution in [0.2, 0.25) is 0 Å². The molecule has 6 heteroatoms. The maximum Gasteiger partial charge on any atom is 0.306 e. The number of ether oxygens (including phenoxy) is 3. The minimum Gasteiger partial charge on any atom is -0.462 e. The van der Waals surface area contributed by atoms with Crippen molar-refractivity contribution in [2.24, 2.45) is 0 Å². The lowest BCUT2D eigenvalue weighted by Crippen LogP contribution is -2.30. The molecule has 0 spiro atoms. The number of rotatable bonds is 57. The standard InChI is InChI=1S/C70H118O6/c1-4-7-10-13-16-19-22-24-26-27-28-29-30-31-32-33-34-35-36-37-38-39-40-41-42-43-45-46-48-51-54-57-60-63-69(72)75-66-67(65-74-68(71)62-59-56-53-50-21-18-15-12-9-6-3)76-70(73)64-61-58-55-52-49-47-44-25-23-20-17-14-11-8-5-2/h7,10,12,15-16,19,24,26,28-29,31-32,34-35,37-38,40-41,67H,4-6,8-9,11,13-14,17-18,20-23,25,27,30,33,36,39,42-66H2,1-3H3/b10-7-,15-12-,19-16-,26-24-,29-28-,32-31-,35-34-,38-37-,41-40-. The van der Waals surface area contributed by atoms with Gasteiger partial charge in [-0.05, 0) is 103 Å². The molecule has 0 rings (SSSR count). The highest BCUT2D eigenvalue weighted by Crippen LogP contribution is 2.16. The van der Waals surface area contributed by atoms with E-state index in [9.17, 15) is 14.4 Å². The topological polar surface area (TPSA) is 78.9 Å². The number of hydrogen-bond acceptors (Lipinski definition) is 6. The SMILES string of the molecule is CC/C=C\C/C=C\C/C=C\C/C=C\C/C=C\C/C=C\C/C=C\C/C=C\CCCCCCCCCCC(=O)OCC(COC(=O)CCCCCCC/C=C\CCC)OC(=O)CCCCCCCCCCCCCCCCC. The van der Waals surface area contributed by atoms with Crippen molar-refractivity contribution in [3.05, 3.63) is 109 Å². The van der Waals surface area contributed by atoms with Crippen molar-refractivity contribution in [3.63, 3.8) is 0 Å². The van der Waals surface area contributed by atoms with Crippen LogP contribution in [0.25, 0.3) is 0 Å². The Morgan fingerprint density at radius 3 is 0.868 bits per heavy atom. The molecule has 0 aromatic rings. The molecule has 1 unspecified atom stereocenters. The summed E-state index contributed by atoms with van der Waals surface area (Å²) in [5.41, 5.74) is 0. The molecule has 0 aromatic carbocycles. The Morgan fingerprint density at radius 2 is 0.539 bits per heavy atom. The second kappa shape index (κ2) is 63.6. The monoisotopic (exact) mass is 1050 g/mol. The fraction of sp³-hybridized carbons (Fsp3) is 0.700. The largest absolute Gasteiger partial charge is 0.462 e. The number of unbranched alkanes of at least 4 members (excludes halogenated alkanes) is 28. The van der Waals surface area contributed by atoms with Crippen LogP contribution in [0.5, 0.6) is 0 Å². The van der Waals surface area contributed by atoms with Gasteiger partial charge in [-0.2, -0.15) is 0 Å². The molecule has 0 aliphatic heterocycles. The third-order valence-electron chi connectivity index (χ3n) is 13.5. The normalized spacial score (nSPS) is 12.8. The van der Waals surface area contributed by atoms with Crippen LogP contribution in [0.15, 0.2) is 109 Å². The van der Waals surface area contributed by atoms with Crippen LogP contribution < -0.4 is 0 Å². The predicted molar refractivity (Wildman–Crippen MR) is 330 cm³/mol. The summed E-state index contributed by atoms with van der Waals surface area (Å²) in [6, 6.07) is 0. The lowest BCUT2D eigenvalue weighted by atomic mass is 10.0. The van der Waals surface area contributed by atoms with Gasteiger partial charge in [0.2, 0.25) is 0 Å². The molecule has 0 aliphatic carbocycles. The van der Waals surface area contributed by atoms with Gasteiger partial charge >= 0.3 is 17.9 Å². The van der Waals surface area contributed by atoms with Gasteiger partial charge in [0.1, 0.15) is 13.2 Å². The smallest absolute Gasteiger partial charge is 0.306 e. The zero-order valence-corrected chi connectivity index (χ0v) is 49.7. The molecule has 0 bridgehead atoms. The first-order valence-electron chi connectivity index (χ1n) is 31.9. The molecule has 0 amide bonds. The van der Waals surface area contributed by atoms with Gasteiger partial charge in [0.15, 0.2) is 6.10 Å². The van der Waals surface area contributed by atoms with Crippen molar-refractivity contribution in [2.45, 2.75) is 303 Å². The average molecular weight is 1060 g/mol. The van der Waals surface area contributed by atoms with E-state index >= 15 is 0 Å². The Balaban J connectivity index is 4.20. The molecule has 1 atom stereocenters. The molecule has 0 aliphatic rings. The van der Waals surface area contributed by atoms with Gasteiger partial charge in [-0.3, -0.25) is 14.4 Å². The minimum atomic E-state index is -0.783. The van der Waals surface area contributed by atoms with Gasteiger partial charge in [-0.25, -0.2) is 0 Å². The number of carbonyl (C=O) groups is 3. The zero-order valence-electron chi connectivity index (χ0n) is 49.7. The molecular formula is C70H118O6. The van der Waals surface area contributed by atoms with E-state index in [1.807, 2.05) is 0 Å². The van der Waals surface area contributed by atoms with E-state index in [-0.39, 0.29) is 31.1 Å². The van der Waals surface area contributed by atoms with Crippen molar-refractivity contribution >= 4 is 17.9 Å². The van der Waals surface area contributed by atoms with E-state index in [1.54, 1.807) is 0 Å². The highest BCUT2D eigenvalue weighted by Gasteiger charge is 2.19. The highest BCUT2D eigenvalue weighted by molar-refractivity contribution is 5.71. The summed E-state index contributed by atoms with van der Waals surface area (Å²) >= 11 is 0. The van der Waals surface area contributed by atoms with Gasteiger partial charge < -0.3 is 14.2 Å². The molecule has 0 saturated carbocycles. The van der Waals surface area contributed by atoms with E-state index in [0.29, 0.717) is 19.3 Å². The zero-order chi connectivity index (χ0) is 55.0. The molecule has 434 valence electrons. The Morgan fingerprint density at radius 1 is 0.276 bits per heavy atom. The second-order valence-corrected chi connectivity index (χ2v) is 20.9. The number of hydrogen-bond donors (Lipinski definition) is 0. The van der Waals surface area contributed by atoms with Gasteiger partial charge in [0, 0.05) is 19.3 Å². The molecule has 0 heterocycles. The molecule has 0 saturated heterocycles. The molecule has 6 nitrogen and oxygen atoms in total. The minimum absolute atomic E-state index is 0.0826. The first kappa shape index (κ1) is 72.1. The molecule has 0 fully saturated rings. The summed E-state index contributed by atoms with van der Waals surface area (Å²) in [5, 5.41) is 0. The van der Waals surface area contributed by atoms with Crippen molar-refractivity contribution in [2.75, 3.05) is 13.2 Å². The first-order valence-corrected chi connectivity index (χ1v) is 31.9. The predicted octanol–water partition coefficient (Wildman–Crippen LogP) is 21.8. The van der Waals surface area contributed by atoms with Crippen molar-refractivity contribution in [1.82, 2.24) is 0 Å². The van der Waals surface area contributed by atoms with Crippen molar-refractivity contribution in [3.8, 4) is 0 Å². The Kier molecular flexibility index (Phi) is 60.3. The third kappa shape index (κ3) is 60.9. The summed E-state index contributed by atoms with van der Waals surface area (Å²) in [5.74, 6) is -0.894. The quantitative estimate of drug-likeness (QED) is 0.0261. The number of carbonyl (C=O) groups excluding carboxylic acids is 3. The van der Waals surface area contributed by atoms with Gasteiger partial charge in [-0.15, -0.1) is 0 Å². The maximum atomic E-state index is 12.9. The van der Waals surface area contributed by atoms with Crippen molar-refractivity contribution < 1.29 is 28.6 Å². The van der Waals surface area contributed by atoms with Gasteiger partial charge in [-0.1, -0.05) is 284 Å². The van der Waals surface area contributed by atoms with Gasteiger partial charge in [0.05, 0.1) is 0 Å². The molecular weight excluding hydrogens is 937 g/mol. The van der Waals surface area contributed by atoms with Crippen LogP contribution in [0.3, 0.4) is 0 Å². The molecule has 0 aromatic heterocycles. The third-order valence-corrected chi connectivity index (χ3v) is 13.5. The summed E-state index contributed by atoms with van der Waals surface area (Å²) in [4.78, 5) is 38.1. The van der Waals surface area contributed by atoms with Crippen molar-refractivity contribution in [1.29, 1.82) is 0 Å². The van der Waals surface area contributed by atoms with E-state index in [0.717, 1.165) is 128 Å². The lowest BCUT2D eigenvalue weighted by molar-refractivity contribution is -0.167. The van der Waals surface area contributed by atoms with Gasteiger partial charge in [0.25, 0.3) is 0 Å². The van der Waals surface area contributed by atoms with E-state index in [2.05, 4.69) is 130 Å². The van der Waals surface area contributed by atoms with Crippen LogP contribution in [-0.4, -0.2) is 37.2 Å². The van der Waals surface area contributed by atoms with E-state index in [1.165, 1.54) is 128 Å². The fourth-order valence-electron chi connectivity index (χ4n) is 8.76. The molecule has 0 N–H and O–H groups in total. The summed E-state index contributed by atoms with van der Waals surface area (Å²) < 4.78 is 16.9. The lowest BCUT2D eigenvalue weighted by Gasteiger charge is -2.18.